The van der Waals surface area contributed by atoms with Crippen molar-refractivity contribution < 1.29 is 9.53 Å². The minimum Gasteiger partial charge on any atom is -0.483 e. The lowest BCUT2D eigenvalue weighted by molar-refractivity contribution is -0.113. The van der Waals surface area contributed by atoms with E-state index in [1.54, 1.807) is 12.1 Å². The summed E-state index contributed by atoms with van der Waals surface area (Å²) in [6.07, 6.45) is -0.320. The Bertz CT molecular complexity index is 1240. The summed E-state index contributed by atoms with van der Waals surface area (Å²) in [5.41, 5.74) is 0.801. The lowest BCUT2D eigenvalue weighted by Crippen LogP contribution is -2.15. The Balaban J connectivity index is 1.42. The third kappa shape index (κ3) is 5.06. The Morgan fingerprint density at radius 3 is 2.72 bits per heavy atom. The van der Waals surface area contributed by atoms with Gasteiger partial charge in [-0.25, -0.2) is 0 Å². The van der Waals surface area contributed by atoms with Crippen molar-refractivity contribution in [1.29, 1.82) is 0 Å². The van der Waals surface area contributed by atoms with E-state index >= 15 is 0 Å². The Hall–Kier alpha value is -3.03. The number of ether oxygens (including phenoxy) is 1. The van der Waals surface area contributed by atoms with Gasteiger partial charge in [-0.15, -0.1) is 10.2 Å². The molecule has 0 fully saturated rings. The van der Waals surface area contributed by atoms with Crippen LogP contribution in [0.15, 0.2) is 71.9 Å². The van der Waals surface area contributed by atoms with Gasteiger partial charge in [0, 0.05) is 22.6 Å². The van der Waals surface area contributed by atoms with Gasteiger partial charge in [0.15, 0.2) is 17.1 Å². The van der Waals surface area contributed by atoms with Crippen LogP contribution < -0.4 is 10.1 Å². The molecule has 0 aliphatic carbocycles. The molecule has 1 aromatic heterocycles. The van der Waals surface area contributed by atoms with Crippen LogP contribution in [0.2, 0.25) is 5.02 Å². The van der Waals surface area contributed by atoms with Gasteiger partial charge in [-0.05, 0) is 43.5 Å². The highest BCUT2D eigenvalue weighted by Gasteiger charge is 2.19. The van der Waals surface area contributed by atoms with Crippen molar-refractivity contribution in [3.05, 3.63) is 77.6 Å². The van der Waals surface area contributed by atoms with Crippen molar-refractivity contribution in [2.24, 2.45) is 0 Å². The number of amides is 1. The molecule has 0 radical (unpaired) electrons. The van der Waals surface area contributed by atoms with E-state index in [0.29, 0.717) is 28.3 Å². The number of carbonyl (C=O) groups excluding carboxylic acids is 1. The fourth-order valence-corrected chi connectivity index (χ4v) is 4.44. The zero-order chi connectivity index (χ0) is 22.5. The molecule has 4 aromatic rings. The van der Waals surface area contributed by atoms with Crippen LogP contribution in [0.1, 0.15) is 25.8 Å². The smallest absolute Gasteiger partial charge is 0.234 e. The maximum atomic E-state index is 12.6. The first kappa shape index (κ1) is 22.2. The highest BCUT2D eigenvalue weighted by atomic mass is 35.5. The minimum atomic E-state index is -0.320. The first-order chi connectivity index (χ1) is 15.5. The molecule has 1 unspecified atom stereocenters. The number of rotatable bonds is 8. The lowest BCUT2D eigenvalue weighted by atomic mass is 10.1. The average molecular weight is 467 g/mol. The topological polar surface area (TPSA) is 69.0 Å². The summed E-state index contributed by atoms with van der Waals surface area (Å²) in [5.74, 6) is 1.50. The molecule has 0 saturated carbocycles. The van der Waals surface area contributed by atoms with Crippen LogP contribution in [0.25, 0.3) is 10.8 Å². The van der Waals surface area contributed by atoms with E-state index in [4.69, 9.17) is 16.3 Å². The molecule has 0 aliphatic rings. The Kier molecular flexibility index (Phi) is 6.97. The third-order valence-corrected chi connectivity index (χ3v) is 6.13. The van der Waals surface area contributed by atoms with Crippen molar-refractivity contribution in [2.45, 2.75) is 31.7 Å². The second-order valence-corrected chi connectivity index (χ2v) is 8.54. The van der Waals surface area contributed by atoms with Crippen molar-refractivity contribution in [3.63, 3.8) is 0 Å². The fourth-order valence-electron chi connectivity index (χ4n) is 3.45. The molecule has 0 bridgehead atoms. The third-order valence-electron chi connectivity index (χ3n) is 4.93. The van der Waals surface area contributed by atoms with Gasteiger partial charge >= 0.3 is 0 Å². The normalized spacial score (nSPS) is 12.0. The summed E-state index contributed by atoms with van der Waals surface area (Å²) in [5, 5.41) is 15.0. The highest BCUT2D eigenvalue weighted by molar-refractivity contribution is 7.99. The van der Waals surface area contributed by atoms with E-state index in [2.05, 4.69) is 15.5 Å². The van der Waals surface area contributed by atoms with Gasteiger partial charge in [0.25, 0.3) is 0 Å². The van der Waals surface area contributed by atoms with Gasteiger partial charge in [0.2, 0.25) is 5.91 Å². The number of carbonyl (C=O) groups is 1. The first-order valence-electron chi connectivity index (χ1n) is 10.3. The second-order valence-electron chi connectivity index (χ2n) is 7.17. The Morgan fingerprint density at radius 2 is 1.91 bits per heavy atom. The molecule has 6 nitrogen and oxygen atoms in total. The van der Waals surface area contributed by atoms with Crippen molar-refractivity contribution in [1.82, 2.24) is 14.8 Å². The molecule has 1 heterocycles. The summed E-state index contributed by atoms with van der Waals surface area (Å²) in [6.45, 7) is 4.59. The number of anilines is 1. The van der Waals surface area contributed by atoms with Crippen LogP contribution in [-0.2, 0) is 11.3 Å². The van der Waals surface area contributed by atoms with Crippen LogP contribution in [-0.4, -0.2) is 26.4 Å². The van der Waals surface area contributed by atoms with Crippen molar-refractivity contribution >= 4 is 45.7 Å². The molecule has 32 heavy (non-hydrogen) atoms. The van der Waals surface area contributed by atoms with Crippen LogP contribution >= 0.6 is 23.4 Å². The molecule has 0 aliphatic heterocycles. The molecule has 3 aromatic carbocycles. The van der Waals surface area contributed by atoms with Gasteiger partial charge in [-0.1, -0.05) is 65.8 Å². The fraction of sp³-hybridized carbons (Fsp3) is 0.208. The van der Waals surface area contributed by atoms with Gasteiger partial charge in [-0.3, -0.25) is 4.79 Å². The van der Waals surface area contributed by atoms with Gasteiger partial charge in [-0.2, -0.15) is 0 Å². The summed E-state index contributed by atoms with van der Waals surface area (Å²) in [6, 6.07) is 21.1. The molecular weight excluding hydrogens is 444 g/mol. The zero-order valence-electron chi connectivity index (χ0n) is 17.8. The summed E-state index contributed by atoms with van der Waals surface area (Å²) in [7, 11) is 0. The van der Waals surface area contributed by atoms with Gasteiger partial charge in [0.1, 0.15) is 5.75 Å². The number of hydrogen-bond acceptors (Lipinski definition) is 5. The van der Waals surface area contributed by atoms with E-state index in [1.165, 1.54) is 11.8 Å². The average Bonchev–Trinajstić information content (AvgIpc) is 3.21. The molecule has 1 atom stereocenters. The maximum absolute atomic E-state index is 12.6. The number of benzene rings is 3. The van der Waals surface area contributed by atoms with Crippen LogP contribution in [0.4, 0.5) is 5.69 Å². The van der Waals surface area contributed by atoms with Crippen LogP contribution in [0.3, 0.4) is 0 Å². The monoisotopic (exact) mass is 466 g/mol. The lowest BCUT2D eigenvalue weighted by Gasteiger charge is -2.15. The highest BCUT2D eigenvalue weighted by Crippen LogP contribution is 2.27. The number of nitrogens with zero attached hydrogens (tertiary/aromatic N) is 3. The number of hydrogen-bond donors (Lipinski definition) is 1. The number of fused-ring (bicyclic) bond motifs is 1. The predicted molar refractivity (Wildman–Crippen MR) is 129 cm³/mol. The van der Waals surface area contributed by atoms with E-state index in [9.17, 15) is 4.79 Å². The summed E-state index contributed by atoms with van der Waals surface area (Å²) >= 11 is 7.40. The molecule has 0 saturated heterocycles. The standard InChI is InChI=1S/C24H23ClN4O2S/c1-3-29-23(16(2)31-19-11-7-10-18(25)14-19)27-28-24(29)32-15-22(30)26-21-13-6-9-17-8-4-5-12-20(17)21/h4-14,16H,3,15H2,1-2H3,(H,26,30). The van der Waals surface area contributed by atoms with E-state index in [0.717, 1.165) is 16.5 Å². The van der Waals surface area contributed by atoms with E-state index in [1.807, 2.05) is 73.0 Å². The van der Waals surface area contributed by atoms with E-state index in [-0.39, 0.29) is 17.8 Å². The predicted octanol–water partition coefficient (Wildman–Crippen LogP) is 5.98. The largest absolute Gasteiger partial charge is 0.483 e. The van der Waals surface area contributed by atoms with Gasteiger partial charge in [0.05, 0.1) is 5.75 Å². The number of nitrogens with one attached hydrogen (secondary N) is 1. The Morgan fingerprint density at radius 1 is 1.12 bits per heavy atom. The molecule has 1 N–H and O–H groups in total. The SMILES string of the molecule is CCn1c(SCC(=O)Nc2cccc3ccccc23)nnc1C(C)Oc1cccc(Cl)c1. The number of aromatic nitrogens is 3. The molecule has 1 amide bonds. The molecule has 0 spiro atoms. The first-order valence-corrected chi connectivity index (χ1v) is 11.7. The van der Waals surface area contributed by atoms with Crippen LogP contribution in [0, 0.1) is 0 Å². The zero-order valence-corrected chi connectivity index (χ0v) is 19.4. The Labute approximate surface area is 195 Å². The molecule has 4 rings (SSSR count). The number of thioether (sulfide) groups is 1. The van der Waals surface area contributed by atoms with E-state index < -0.39 is 0 Å². The van der Waals surface area contributed by atoms with Gasteiger partial charge < -0.3 is 14.6 Å². The minimum absolute atomic E-state index is 0.0956. The molecule has 164 valence electrons. The summed E-state index contributed by atoms with van der Waals surface area (Å²) in [4.78, 5) is 12.6. The molecule has 8 heteroatoms. The van der Waals surface area contributed by atoms with Crippen molar-refractivity contribution in [2.75, 3.05) is 11.1 Å². The summed E-state index contributed by atoms with van der Waals surface area (Å²) < 4.78 is 7.95. The van der Waals surface area contributed by atoms with Crippen LogP contribution in [0.5, 0.6) is 5.75 Å². The maximum Gasteiger partial charge on any atom is 0.234 e. The molecular formula is C24H23ClN4O2S. The quantitative estimate of drug-likeness (QED) is 0.324. The van der Waals surface area contributed by atoms with Crippen molar-refractivity contribution in [3.8, 4) is 5.75 Å². The number of halogens is 1. The second kappa shape index (κ2) is 10.1.